The first-order valence-electron chi connectivity index (χ1n) is 6.38. The van der Waals surface area contributed by atoms with E-state index in [-0.39, 0.29) is 5.41 Å². The number of aromatic nitrogens is 2. The average Bonchev–Trinajstić information content (AvgIpc) is 2.82. The van der Waals surface area contributed by atoms with Gasteiger partial charge in [-0.05, 0) is 12.8 Å². The van der Waals surface area contributed by atoms with E-state index < -0.39 is 0 Å². The highest BCUT2D eigenvalue weighted by Crippen LogP contribution is 2.24. The zero-order valence-corrected chi connectivity index (χ0v) is 11.3. The van der Waals surface area contributed by atoms with E-state index in [4.69, 9.17) is 0 Å². The average molecular weight is 233 g/mol. The van der Waals surface area contributed by atoms with Crippen LogP contribution in [-0.4, -0.2) is 15.8 Å². The van der Waals surface area contributed by atoms with Gasteiger partial charge in [0.05, 0.1) is 5.69 Å². The maximum atomic E-state index is 4.59. The summed E-state index contributed by atoms with van der Waals surface area (Å²) < 4.78 is 1.92. The molecule has 94 valence electrons. The Morgan fingerprint density at radius 3 is 2.59 bits per heavy atom. The Morgan fingerprint density at radius 2 is 2.00 bits per heavy atom. The third kappa shape index (κ3) is 2.97. The Bertz CT molecular complexity index is 402. The largest absolute Gasteiger partial charge is 0.309 e. The molecule has 0 unspecified atom stereocenters. The second kappa shape index (κ2) is 4.65. The number of rotatable bonds is 3. The molecule has 3 nitrogen and oxygen atoms in total. The van der Waals surface area contributed by atoms with Crippen molar-refractivity contribution in [3.05, 3.63) is 29.6 Å². The van der Waals surface area contributed by atoms with Gasteiger partial charge in [-0.15, -0.1) is 0 Å². The van der Waals surface area contributed by atoms with Gasteiger partial charge < -0.3 is 5.32 Å². The van der Waals surface area contributed by atoms with Crippen molar-refractivity contribution in [1.82, 2.24) is 15.1 Å². The molecule has 0 aromatic carbocycles. The van der Waals surface area contributed by atoms with Crippen molar-refractivity contribution in [2.24, 2.45) is 7.05 Å². The molecule has 1 aromatic rings. The molecule has 1 heterocycles. The van der Waals surface area contributed by atoms with Crippen LogP contribution >= 0.6 is 0 Å². The highest BCUT2D eigenvalue weighted by Gasteiger charge is 2.22. The summed E-state index contributed by atoms with van der Waals surface area (Å²) in [6.07, 6.45) is 8.96. The van der Waals surface area contributed by atoms with Gasteiger partial charge in [-0.2, -0.15) is 5.10 Å². The summed E-state index contributed by atoms with van der Waals surface area (Å²) in [5.41, 5.74) is 2.65. The van der Waals surface area contributed by atoms with Crippen LogP contribution in [0.15, 0.2) is 18.3 Å². The molecule has 0 saturated carbocycles. The van der Waals surface area contributed by atoms with Crippen molar-refractivity contribution in [3.63, 3.8) is 0 Å². The zero-order valence-electron chi connectivity index (χ0n) is 11.3. The third-order valence-corrected chi connectivity index (χ3v) is 3.20. The Labute approximate surface area is 104 Å². The minimum absolute atomic E-state index is 0.117. The molecule has 0 radical (unpaired) electrons. The molecule has 0 atom stereocenters. The van der Waals surface area contributed by atoms with Crippen molar-refractivity contribution in [2.45, 2.75) is 51.6 Å². The highest BCUT2D eigenvalue weighted by atomic mass is 15.3. The van der Waals surface area contributed by atoms with Crippen molar-refractivity contribution in [2.75, 3.05) is 0 Å². The molecule has 0 spiro atoms. The molecular formula is C14H23N3. The summed E-state index contributed by atoms with van der Waals surface area (Å²) in [5.74, 6) is 0. The highest BCUT2D eigenvalue weighted by molar-refractivity contribution is 5.24. The van der Waals surface area contributed by atoms with Crippen molar-refractivity contribution < 1.29 is 0 Å². The quantitative estimate of drug-likeness (QED) is 0.813. The van der Waals surface area contributed by atoms with Crippen LogP contribution in [0.5, 0.6) is 0 Å². The van der Waals surface area contributed by atoms with Crippen LogP contribution in [0, 0.1) is 0 Å². The number of hydrogen-bond donors (Lipinski definition) is 1. The number of hydrogen-bond acceptors (Lipinski definition) is 2. The van der Waals surface area contributed by atoms with Crippen molar-refractivity contribution in [3.8, 4) is 0 Å². The Hall–Kier alpha value is -1.09. The smallest absolute Gasteiger partial charge is 0.0722 e. The predicted molar refractivity (Wildman–Crippen MR) is 70.9 cm³/mol. The molecular weight excluding hydrogens is 210 g/mol. The van der Waals surface area contributed by atoms with E-state index in [0.29, 0.717) is 6.04 Å². The molecule has 2 rings (SSSR count). The maximum absolute atomic E-state index is 4.59. The first-order valence-corrected chi connectivity index (χ1v) is 6.38. The van der Waals surface area contributed by atoms with Crippen LogP contribution < -0.4 is 5.32 Å². The molecule has 1 aromatic heterocycles. The Kier molecular flexibility index (Phi) is 3.38. The molecule has 1 aliphatic rings. The Balaban J connectivity index is 2.04. The molecule has 0 aliphatic heterocycles. The van der Waals surface area contributed by atoms with E-state index >= 15 is 0 Å². The Morgan fingerprint density at radius 1 is 1.35 bits per heavy atom. The minimum Gasteiger partial charge on any atom is -0.309 e. The lowest BCUT2D eigenvalue weighted by molar-refractivity contribution is 0.517. The first-order chi connectivity index (χ1) is 7.97. The van der Waals surface area contributed by atoms with Gasteiger partial charge in [0.2, 0.25) is 0 Å². The second-order valence-corrected chi connectivity index (χ2v) is 5.95. The number of nitrogens with one attached hydrogen (secondary N) is 1. The van der Waals surface area contributed by atoms with Crippen LogP contribution in [-0.2, 0) is 19.0 Å². The molecule has 0 bridgehead atoms. The predicted octanol–water partition coefficient (Wildman–Crippen LogP) is 2.53. The van der Waals surface area contributed by atoms with Gasteiger partial charge in [-0.3, -0.25) is 4.68 Å². The SMILES string of the molecule is Cn1cc(CNC2CC=CC2)c(C(C)(C)C)n1. The molecule has 17 heavy (non-hydrogen) atoms. The van der Waals surface area contributed by atoms with E-state index in [2.05, 4.69) is 49.5 Å². The van der Waals surface area contributed by atoms with Gasteiger partial charge >= 0.3 is 0 Å². The normalized spacial score (nSPS) is 16.9. The molecule has 1 N–H and O–H groups in total. The lowest BCUT2D eigenvalue weighted by Gasteiger charge is -2.18. The first kappa shape index (κ1) is 12.4. The van der Waals surface area contributed by atoms with Gasteiger partial charge in [-0.25, -0.2) is 0 Å². The summed E-state index contributed by atoms with van der Waals surface area (Å²) in [7, 11) is 2.00. The fourth-order valence-corrected chi connectivity index (χ4v) is 2.34. The third-order valence-electron chi connectivity index (χ3n) is 3.20. The standard InChI is InChI=1S/C14H23N3/c1-14(2,3)13-11(10-17(4)16-13)9-15-12-7-5-6-8-12/h5-6,10,12,15H,7-9H2,1-4H3. The summed E-state index contributed by atoms with van der Waals surface area (Å²) >= 11 is 0. The van der Waals surface area contributed by atoms with Crippen LogP contribution in [0.25, 0.3) is 0 Å². The second-order valence-electron chi connectivity index (χ2n) is 5.95. The van der Waals surface area contributed by atoms with Gasteiger partial charge in [0.1, 0.15) is 0 Å². The summed E-state index contributed by atoms with van der Waals surface area (Å²) in [4.78, 5) is 0. The summed E-state index contributed by atoms with van der Waals surface area (Å²) in [5, 5.41) is 8.20. The maximum Gasteiger partial charge on any atom is 0.0722 e. The van der Waals surface area contributed by atoms with E-state index in [1.165, 1.54) is 11.3 Å². The molecule has 0 amide bonds. The number of nitrogens with zero attached hydrogens (tertiary/aromatic N) is 2. The molecule has 3 heteroatoms. The summed E-state index contributed by atoms with van der Waals surface area (Å²) in [6.45, 7) is 7.58. The van der Waals surface area contributed by atoms with E-state index in [9.17, 15) is 0 Å². The van der Waals surface area contributed by atoms with E-state index in [1.807, 2.05) is 11.7 Å². The van der Waals surface area contributed by atoms with Gasteiger partial charge in [-0.1, -0.05) is 32.9 Å². The fourth-order valence-electron chi connectivity index (χ4n) is 2.34. The van der Waals surface area contributed by atoms with Gasteiger partial charge in [0.25, 0.3) is 0 Å². The van der Waals surface area contributed by atoms with E-state index in [1.54, 1.807) is 0 Å². The lowest BCUT2D eigenvalue weighted by Crippen LogP contribution is -2.27. The van der Waals surface area contributed by atoms with Gasteiger partial charge in [0.15, 0.2) is 0 Å². The lowest BCUT2D eigenvalue weighted by atomic mass is 9.89. The molecule has 1 aliphatic carbocycles. The number of aryl methyl sites for hydroxylation is 1. The summed E-state index contributed by atoms with van der Waals surface area (Å²) in [6, 6.07) is 0.614. The molecule has 0 fully saturated rings. The topological polar surface area (TPSA) is 29.9 Å². The zero-order chi connectivity index (χ0) is 12.5. The van der Waals surface area contributed by atoms with Gasteiger partial charge in [0, 0.05) is 36.8 Å². The van der Waals surface area contributed by atoms with Crippen LogP contribution in [0.4, 0.5) is 0 Å². The minimum atomic E-state index is 0.117. The van der Waals surface area contributed by atoms with Crippen LogP contribution in [0.2, 0.25) is 0 Å². The fraction of sp³-hybridized carbons (Fsp3) is 0.643. The monoisotopic (exact) mass is 233 g/mol. The van der Waals surface area contributed by atoms with E-state index in [0.717, 1.165) is 19.4 Å². The van der Waals surface area contributed by atoms with Crippen molar-refractivity contribution in [1.29, 1.82) is 0 Å². The van der Waals surface area contributed by atoms with Crippen molar-refractivity contribution >= 4 is 0 Å². The van der Waals surface area contributed by atoms with Crippen LogP contribution in [0.3, 0.4) is 0 Å². The molecule has 0 saturated heterocycles. The van der Waals surface area contributed by atoms with Crippen LogP contribution in [0.1, 0.15) is 44.9 Å².